The van der Waals surface area contributed by atoms with Crippen LogP contribution in [0.2, 0.25) is 0 Å². The number of carboxylic acids is 1. The van der Waals surface area contributed by atoms with E-state index < -0.39 is 17.9 Å². The van der Waals surface area contributed by atoms with Crippen LogP contribution in [0.5, 0.6) is 0 Å². The second-order valence-corrected chi connectivity index (χ2v) is 5.38. The molecule has 5 heteroatoms. The van der Waals surface area contributed by atoms with Gasteiger partial charge in [-0.25, -0.2) is 4.79 Å². The van der Waals surface area contributed by atoms with E-state index in [1.54, 1.807) is 12.1 Å². The lowest BCUT2D eigenvalue weighted by Gasteiger charge is -2.28. The summed E-state index contributed by atoms with van der Waals surface area (Å²) in [7, 11) is 0. The summed E-state index contributed by atoms with van der Waals surface area (Å²) in [5.41, 5.74) is 0.838. The Labute approximate surface area is 123 Å². The lowest BCUT2D eigenvalue weighted by molar-refractivity contribution is -0.141. The first-order valence-corrected chi connectivity index (χ1v) is 7.15. The van der Waals surface area contributed by atoms with E-state index in [0.29, 0.717) is 11.1 Å². The number of hydrogen-bond acceptors (Lipinski definition) is 3. The number of nitriles is 1. The van der Waals surface area contributed by atoms with Crippen LogP contribution in [0, 0.1) is 17.2 Å². The number of carbonyl (C=O) groups excluding carboxylic acids is 1. The Hall–Kier alpha value is -2.35. The molecule has 1 unspecified atom stereocenters. The number of amides is 1. The van der Waals surface area contributed by atoms with Crippen LogP contribution in [-0.4, -0.2) is 23.0 Å². The minimum absolute atomic E-state index is 0.00131. The molecule has 5 nitrogen and oxygen atoms in total. The van der Waals surface area contributed by atoms with Crippen molar-refractivity contribution in [2.75, 3.05) is 0 Å². The molecule has 0 spiro atoms. The van der Waals surface area contributed by atoms with Crippen molar-refractivity contribution in [3.63, 3.8) is 0 Å². The zero-order valence-corrected chi connectivity index (χ0v) is 11.7. The zero-order valence-electron chi connectivity index (χ0n) is 11.7. The summed E-state index contributed by atoms with van der Waals surface area (Å²) in [5.74, 6) is -1.39. The number of hydrogen-bond donors (Lipinski definition) is 2. The van der Waals surface area contributed by atoms with Crippen molar-refractivity contribution in [1.29, 1.82) is 5.26 Å². The highest BCUT2D eigenvalue weighted by Crippen LogP contribution is 2.26. The van der Waals surface area contributed by atoms with Crippen molar-refractivity contribution in [3.8, 4) is 6.07 Å². The van der Waals surface area contributed by atoms with Gasteiger partial charge in [0.2, 0.25) is 0 Å². The lowest BCUT2D eigenvalue weighted by Crippen LogP contribution is -2.46. The smallest absolute Gasteiger partial charge is 0.326 e. The van der Waals surface area contributed by atoms with E-state index in [-0.39, 0.29) is 5.92 Å². The van der Waals surface area contributed by atoms with Gasteiger partial charge in [-0.2, -0.15) is 5.26 Å². The summed E-state index contributed by atoms with van der Waals surface area (Å²) in [6.07, 6.45) is 4.84. The van der Waals surface area contributed by atoms with Gasteiger partial charge in [-0.1, -0.05) is 19.3 Å². The summed E-state index contributed by atoms with van der Waals surface area (Å²) in [4.78, 5) is 23.6. The van der Waals surface area contributed by atoms with E-state index >= 15 is 0 Å². The summed E-state index contributed by atoms with van der Waals surface area (Å²) in [5, 5.41) is 20.7. The van der Waals surface area contributed by atoms with Gasteiger partial charge in [-0.05, 0) is 43.0 Å². The molecule has 110 valence electrons. The molecule has 2 rings (SSSR count). The number of carbonyl (C=O) groups is 2. The second-order valence-electron chi connectivity index (χ2n) is 5.38. The Balaban J connectivity index is 2.06. The molecule has 0 aromatic heterocycles. The summed E-state index contributed by atoms with van der Waals surface area (Å²) in [6.45, 7) is 0. The molecule has 1 aliphatic carbocycles. The average Bonchev–Trinajstić information content (AvgIpc) is 2.53. The normalized spacial score (nSPS) is 16.7. The van der Waals surface area contributed by atoms with Crippen molar-refractivity contribution >= 4 is 11.9 Å². The highest BCUT2D eigenvalue weighted by Gasteiger charge is 2.30. The fraction of sp³-hybridized carbons (Fsp3) is 0.438. The van der Waals surface area contributed by atoms with E-state index in [0.717, 1.165) is 32.1 Å². The first kappa shape index (κ1) is 15.0. The SMILES string of the molecule is N#Cc1ccc(C(=O)NC(C(=O)O)C2CCCCC2)cc1. The van der Waals surface area contributed by atoms with Crippen molar-refractivity contribution in [2.24, 2.45) is 5.92 Å². The molecule has 2 N–H and O–H groups in total. The molecule has 1 aliphatic rings. The largest absolute Gasteiger partial charge is 0.480 e. The molecular weight excluding hydrogens is 268 g/mol. The molecule has 1 aromatic rings. The fourth-order valence-electron chi connectivity index (χ4n) is 2.77. The standard InChI is InChI=1S/C16H18N2O3/c17-10-11-6-8-13(9-7-11)15(19)18-14(16(20)21)12-4-2-1-3-5-12/h6-9,12,14H,1-5H2,(H,18,19)(H,20,21). The molecule has 1 fully saturated rings. The first-order chi connectivity index (χ1) is 10.1. The minimum atomic E-state index is -0.983. The Morgan fingerprint density at radius 2 is 1.81 bits per heavy atom. The summed E-state index contributed by atoms with van der Waals surface area (Å²) in [6, 6.07) is 7.30. The first-order valence-electron chi connectivity index (χ1n) is 7.15. The molecule has 21 heavy (non-hydrogen) atoms. The second kappa shape index (κ2) is 6.89. The van der Waals surface area contributed by atoms with E-state index in [1.807, 2.05) is 6.07 Å². The van der Waals surface area contributed by atoms with Crippen molar-refractivity contribution in [2.45, 2.75) is 38.1 Å². The maximum Gasteiger partial charge on any atom is 0.326 e. The number of aliphatic carboxylic acids is 1. The molecule has 1 aromatic carbocycles. The molecule has 0 heterocycles. The van der Waals surface area contributed by atoms with Crippen LogP contribution in [-0.2, 0) is 4.79 Å². The predicted octanol–water partition coefficient (Wildman–Crippen LogP) is 2.32. The predicted molar refractivity (Wildman–Crippen MR) is 76.6 cm³/mol. The van der Waals surface area contributed by atoms with Crippen LogP contribution < -0.4 is 5.32 Å². The van der Waals surface area contributed by atoms with E-state index in [2.05, 4.69) is 5.32 Å². The third-order valence-corrected chi connectivity index (χ3v) is 3.95. The lowest BCUT2D eigenvalue weighted by atomic mass is 9.84. The van der Waals surface area contributed by atoms with Crippen molar-refractivity contribution in [3.05, 3.63) is 35.4 Å². The molecule has 0 saturated heterocycles. The van der Waals surface area contributed by atoms with Gasteiger partial charge < -0.3 is 10.4 Å². The van der Waals surface area contributed by atoms with Gasteiger partial charge in [-0.15, -0.1) is 0 Å². The Morgan fingerprint density at radius 3 is 2.33 bits per heavy atom. The number of rotatable bonds is 4. The maximum absolute atomic E-state index is 12.1. The number of nitrogens with one attached hydrogen (secondary N) is 1. The Kier molecular flexibility index (Phi) is 4.94. The third-order valence-electron chi connectivity index (χ3n) is 3.95. The van der Waals surface area contributed by atoms with Gasteiger partial charge in [0.1, 0.15) is 6.04 Å². The van der Waals surface area contributed by atoms with Crippen LogP contribution in [0.15, 0.2) is 24.3 Å². The minimum Gasteiger partial charge on any atom is -0.480 e. The average molecular weight is 286 g/mol. The van der Waals surface area contributed by atoms with Gasteiger partial charge in [0.05, 0.1) is 11.6 Å². The van der Waals surface area contributed by atoms with Crippen LogP contribution >= 0.6 is 0 Å². The van der Waals surface area contributed by atoms with Crippen molar-refractivity contribution in [1.82, 2.24) is 5.32 Å². The quantitative estimate of drug-likeness (QED) is 0.888. The number of nitrogens with zero attached hydrogens (tertiary/aromatic N) is 1. The van der Waals surface area contributed by atoms with E-state index in [4.69, 9.17) is 5.26 Å². The molecule has 1 atom stereocenters. The van der Waals surface area contributed by atoms with Crippen LogP contribution in [0.1, 0.15) is 48.0 Å². The third kappa shape index (κ3) is 3.82. The molecule has 0 radical (unpaired) electrons. The zero-order chi connectivity index (χ0) is 15.2. The van der Waals surface area contributed by atoms with E-state index in [1.165, 1.54) is 12.1 Å². The molecule has 1 amide bonds. The van der Waals surface area contributed by atoms with Gasteiger partial charge in [0.25, 0.3) is 5.91 Å². The monoisotopic (exact) mass is 286 g/mol. The van der Waals surface area contributed by atoms with Gasteiger partial charge in [0.15, 0.2) is 0 Å². The Morgan fingerprint density at radius 1 is 1.19 bits per heavy atom. The van der Waals surface area contributed by atoms with Crippen LogP contribution in [0.3, 0.4) is 0 Å². The highest BCUT2D eigenvalue weighted by molar-refractivity contribution is 5.96. The molecular formula is C16H18N2O3. The van der Waals surface area contributed by atoms with Gasteiger partial charge in [0, 0.05) is 5.56 Å². The fourth-order valence-corrected chi connectivity index (χ4v) is 2.77. The van der Waals surface area contributed by atoms with E-state index in [9.17, 15) is 14.7 Å². The molecule has 0 aliphatic heterocycles. The topological polar surface area (TPSA) is 90.2 Å². The van der Waals surface area contributed by atoms with Crippen LogP contribution in [0.4, 0.5) is 0 Å². The number of benzene rings is 1. The Bertz CT molecular complexity index is 554. The number of carboxylic acid groups (broad SMARTS) is 1. The highest BCUT2D eigenvalue weighted by atomic mass is 16.4. The summed E-state index contributed by atoms with van der Waals surface area (Å²) < 4.78 is 0. The van der Waals surface area contributed by atoms with Crippen LogP contribution in [0.25, 0.3) is 0 Å². The maximum atomic E-state index is 12.1. The van der Waals surface area contributed by atoms with Gasteiger partial charge >= 0.3 is 5.97 Å². The molecule has 1 saturated carbocycles. The molecule has 0 bridgehead atoms. The van der Waals surface area contributed by atoms with Gasteiger partial charge in [-0.3, -0.25) is 4.79 Å². The van der Waals surface area contributed by atoms with Crippen molar-refractivity contribution < 1.29 is 14.7 Å². The summed E-state index contributed by atoms with van der Waals surface area (Å²) >= 11 is 0.